The summed E-state index contributed by atoms with van der Waals surface area (Å²) in [6.45, 7) is 2.11. The van der Waals surface area contributed by atoms with Gasteiger partial charge in [0, 0.05) is 18.0 Å². The van der Waals surface area contributed by atoms with Crippen LogP contribution in [0.2, 0.25) is 0 Å². The van der Waals surface area contributed by atoms with E-state index in [1.165, 1.54) is 0 Å². The van der Waals surface area contributed by atoms with Crippen molar-refractivity contribution in [2.45, 2.75) is 19.8 Å². The maximum atomic E-state index is 8.93. The third-order valence-electron chi connectivity index (χ3n) is 2.33. The van der Waals surface area contributed by atoms with E-state index in [0.29, 0.717) is 5.69 Å². The van der Waals surface area contributed by atoms with Crippen LogP contribution in [-0.2, 0) is 6.42 Å². The molecule has 0 spiro atoms. The Hall–Kier alpha value is -2.15. The summed E-state index contributed by atoms with van der Waals surface area (Å²) < 4.78 is 1.76. The molecule has 0 aliphatic rings. The molecule has 0 aromatic carbocycles. The first-order valence-corrected chi connectivity index (χ1v) is 5.24. The highest BCUT2D eigenvalue weighted by atomic mass is 15.1. The van der Waals surface area contributed by atoms with Gasteiger partial charge in [-0.3, -0.25) is 4.57 Å². The molecule has 0 amide bonds. The standard InChI is InChI=1S/C12H12N4/c1-2-4-10-7-12(15-9-14-10)16-6-3-5-11(16)8-13/h3,5-7,9H,2,4H2,1H3. The van der Waals surface area contributed by atoms with Crippen LogP contribution in [0.1, 0.15) is 24.7 Å². The van der Waals surface area contributed by atoms with Crippen molar-refractivity contribution in [3.8, 4) is 11.9 Å². The number of hydrogen-bond acceptors (Lipinski definition) is 3. The molecule has 0 aliphatic carbocycles. The van der Waals surface area contributed by atoms with Crippen LogP contribution in [0.15, 0.2) is 30.7 Å². The van der Waals surface area contributed by atoms with Gasteiger partial charge in [-0.25, -0.2) is 9.97 Å². The second kappa shape index (κ2) is 4.58. The molecule has 0 bridgehead atoms. The Labute approximate surface area is 94.2 Å². The smallest absolute Gasteiger partial charge is 0.141 e. The Morgan fingerprint density at radius 1 is 1.44 bits per heavy atom. The molecular weight excluding hydrogens is 200 g/mol. The van der Waals surface area contributed by atoms with Crippen molar-refractivity contribution in [1.29, 1.82) is 5.26 Å². The molecule has 2 aromatic rings. The SMILES string of the molecule is CCCc1cc(-n2cccc2C#N)ncn1. The molecule has 2 aromatic heterocycles. The average molecular weight is 212 g/mol. The average Bonchev–Trinajstić information content (AvgIpc) is 2.78. The van der Waals surface area contributed by atoms with E-state index in [9.17, 15) is 0 Å². The highest BCUT2D eigenvalue weighted by molar-refractivity contribution is 5.34. The van der Waals surface area contributed by atoms with Crippen molar-refractivity contribution >= 4 is 0 Å². The second-order valence-corrected chi connectivity index (χ2v) is 3.49. The van der Waals surface area contributed by atoms with E-state index in [-0.39, 0.29) is 0 Å². The van der Waals surface area contributed by atoms with E-state index in [1.807, 2.05) is 18.3 Å². The van der Waals surface area contributed by atoms with Gasteiger partial charge in [-0.1, -0.05) is 13.3 Å². The Morgan fingerprint density at radius 2 is 2.31 bits per heavy atom. The lowest BCUT2D eigenvalue weighted by Crippen LogP contribution is -2.01. The zero-order valence-electron chi connectivity index (χ0n) is 9.09. The Kier molecular flexibility index (Phi) is 2.97. The third kappa shape index (κ3) is 1.94. The van der Waals surface area contributed by atoms with Crippen molar-refractivity contribution in [2.24, 2.45) is 0 Å². The maximum absolute atomic E-state index is 8.93. The number of aryl methyl sites for hydroxylation is 1. The van der Waals surface area contributed by atoms with Gasteiger partial charge >= 0.3 is 0 Å². The first-order valence-electron chi connectivity index (χ1n) is 5.24. The summed E-state index contributed by atoms with van der Waals surface area (Å²) in [5.41, 5.74) is 1.59. The number of nitrogens with zero attached hydrogens (tertiary/aromatic N) is 4. The number of rotatable bonds is 3. The van der Waals surface area contributed by atoms with Gasteiger partial charge < -0.3 is 0 Å². The third-order valence-corrected chi connectivity index (χ3v) is 2.33. The van der Waals surface area contributed by atoms with E-state index < -0.39 is 0 Å². The molecule has 0 fully saturated rings. The Balaban J connectivity index is 2.41. The predicted octanol–water partition coefficient (Wildman–Crippen LogP) is 2.09. The molecular formula is C12H12N4. The monoisotopic (exact) mass is 212 g/mol. The lowest BCUT2D eigenvalue weighted by atomic mass is 10.2. The first kappa shape index (κ1) is 10.4. The Bertz CT molecular complexity index is 522. The fraction of sp³-hybridized carbons (Fsp3) is 0.250. The molecule has 4 nitrogen and oxygen atoms in total. The summed E-state index contributed by atoms with van der Waals surface area (Å²) in [4.78, 5) is 8.36. The molecule has 2 rings (SSSR count). The van der Waals surface area contributed by atoms with E-state index >= 15 is 0 Å². The summed E-state index contributed by atoms with van der Waals surface area (Å²) in [6, 6.07) is 7.65. The van der Waals surface area contributed by atoms with Crippen LogP contribution < -0.4 is 0 Å². The predicted molar refractivity (Wildman–Crippen MR) is 60.1 cm³/mol. The van der Waals surface area contributed by atoms with Crippen LogP contribution in [0, 0.1) is 11.3 Å². The highest BCUT2D eigenvalue weighted by Gasteiger charge is 2.04. The quantitative estimate of drug-likeness (QED) is 0.782. The molecule has 2 heterocycles. The van der Waals surface area contributed by atoms with Crippen molar-refractivity contribution in [3.63, 3.8) is 0 Å². The number of nitriles is 1. The number of hydrogen-bond donors (Lipinski definition) is 0. The largest absolute Gasteiger partial charge is 0.292 e. The molecule has 0 saturated heterocycles. The molecule has 0 N–H and O–H groups in total. The van der Waals surface area contributed by atoms with Crippen molar-refractivity contribution in [1.82, 2.24) is 14.5 Å². The molecule has 0 radical (unpaired) electrons. The molecule has 0 unspecified atom stereocenters. The minimum atomic E-state index is 0.584. The summed E-state index contributed by atoms with van der Waals surface area (Å²) in [6.07, 6.45) is 5.35. The zero-order chi connectivity index (χ0) is 11.4. The van der Waals surface area contributed by atoms with Gasteiger partial charge in [-0.05, 0) is 18.6 Å². The highest BCUT2D eigenvalue weighted by Crippen LogP contribution is 2.10. The van der Waals surface area contributed by atoms with E-state index in [4.69, 9.17) is 5.26 Å². The fourth-order valence-corrected chi connectivity index (χ4v) is 1.58. The van der Waals surface area contributed by atoms with Crippen molar-refractivity contribution < 1.29 is 0 Å². The molecule has 0 aliphatic heterocycles. The topological polar surface area (TPSA) is 54.5 Å². The molecule has 0 atom stereocenters. The van der Waals surface area contributed by atoms with Gasteiger partial charge in [0.1, 0.15) is 23.9 Å². The van der Waals surface area contributed by atoms with Gasteiger partial charge in [0.2, 0.25) is 0 Å². The maximum Gasteiger partial charge on any atom is 0.141 e. The van der Waals surface area contributed by atoms with Crippen LogP contribution in [-0.4, -0.2) is 14.5 Å². The van der Waals surface area contributed by atoms with Gasteiger partial charge in [-0.15, -0.1) is 0 Å². The minimum Gasteiger partial charge on any atom is -0.292 e. The van der Waals surface area contributed by atoms with Crippen LogP contribution in [0.3, 0.4) is 0 Å². The lowest BCUT2D eigenvalue weighted by molar-refractivity contribution is 0.856. The fourth-order valence-electron chi connectivity index (χ4n) is 1.58. The lowest BCUT2D eigenvalue weighted by Gasteiger charge is -2.04. The van der Waals surface area contributed by atoms with E-state index in [1.54, 1.807) is 17.0 Å². The summed E-state index contributed by atoms with van der Waals surface area (Å²) in [5, 5.41) is 8.93. The molecule has 16 heavy (non-hydrogen) atoms. The van der Waals surface area contributed by atoms with E-state index in [0.717, 1.165) is 24.4 Å². The summed E-state index contributed by atoms with van der Waals surface area (Å²) >= 11 is 0. The van der Waals surface area contributed by atoms with Crippen molar-refractivity contribution in [2.75, 3.05) is 0 Å². The minimum absolute atomic E-state index is 0.584. The zero-order valence-corrected chi connectivity index (χ0v) is 9.09. The molecule has 0 saturated carbocycles. The summed E-state index contributed by atoms with van der Waals surface area (Å²) in [5.74, 6) is 0.750. The van der Waals surface area contributed by atoms with Gasteiger partial charge in [0.25, 0.3) is 0 Å². The van der Waals surface area contributed by atoms with Crippen LogP contribution in [0.4, 0.5) is 0 Å². The van der Waals surface area contributed by atoms with E-state index in [2.05, 4.69) is 23.0 Å². The molecule has 4 heteroatoms. The Morgan fingerprint density at radius 3 is 3.06 bits per heavy atom. The number of aromatic nitrogens is 3. The molecule has 80 valence electrons. The van der Waals surface area contributed by atoms with Gasteiger partial charge in [0.15, 0.2) is 0 Å². The van der Waals surface area contributed by atoms with Gasteiger partial charge in [0.05, 0.1) is 0 Å². The van der Waals surface area contributed by atoms with Crippen molar-refractivity contribution in [3.05, 3.63) is 42.1 Å². The second-order valence-electron chi connectivity index (χ2n) is 3.49. The van der Waals surface area contributed by atoms with Crippen LogP contribution >= 0.6 is 0 Å². The van der Waals surface area contributed by atoms with Gasteiger partial charge in [-0.2, -0.15) is 5.26 Å². The van der Waals surface area contributed by atoms with Crippen LogP contribution in [0.5, 0.6) is 0 Å². The first-order chi connectivity index (χ1) is 7.85. The van der Waals surface area contributed by atoms with Crippen LogP contribution in [0.25, 0.3) is 5.82 Å². The summed E-state index contributed by atoms with van der Waals surface area (Å²) in [7, 11) is 0. The normalized spacial score (nSPS) is 10.0.